The van der Waals surface area contributed by atoms with Gasteiger partial charge in [0, 0.05) is 0 Å². The molecule has 0 aromatic carbocycles. The first-order valence-corrected chi connectivity index (χ1v) is 8.61. The fraction of sp³-hybridized carbons (Fsp3) is 1.00. The molecule has 1 aliphatic carbocycles. The molecule has 102 valence electrons. The van der Waals surface area contributed by atoms with Crippen molar-refractivity contribution in [3.63, 3.8) is 0 Å². The fourth-order valence-electron chi connectivity index (χ4n) is 2.30. The molecule has 1 rings (SSSR count). The van der Waals surface area contributed by atoms with E-state index in [4.69, 9.17) is 0 Å². The maximum atomic E-state index is 11.7. The van der Waals surface area contributed by atoms with Crippen molar-refractivity contribution < 1.29 is 8.42 Å². The topological polar surface area (TPSA) is 46.2 Å². The van der Waals surface area contributed by atoms with Crippen LogP contribution in [0.1, 0.15) is 46.5 Å². The molecule has 2 atom stereocenters. The molecule has 0 aliphatic heterocycles. The summed E-state index contributed by atoms with van der Waals surface area (Å²) in [6.07, 6.45) is 4.51. The molecule has 1 aliphatic rings. The van der Waals surface area contributed by atoms with Gasteiger partial charge in [-0.3, -0.25) is 0 Å². The van der Waals surface area contributed by atoms with E-state index in [2.05, 4.69) is 12.2 Å². The number of nitrogens with one attached hydrogen (secondary N) is 1. The first-order valence-electron chi connectivity index (χ1n) is 6.89. The quantitative estimate of drug-likeness (QED) is 0.682. The van der Waals surface area contributed by atoms with E-state index in [1.807, 2.05) is 0 Å². The lowest BCUT2D eigenvalue weighted by atomic mass is 9.72. The molecule has 0 heterocycles. The van der Waals surface area contributed by atoms with E-state index in [0.717, 1.165) is 19.5 Å². The van der Waals surface area contributed by atoms with Crippen molar-refractivity contribution in [1.29, 1.82) is 0 Å². The molecule has 1 fully saturated rings. The zero-order valence-electron chi connectivity index (χ0n) is 11.4. The van der Waals surface area contributed by atoms with Gasteiger partial charge >= 0.3 is 0 Å². The molecule has 0 amide bonds. The second kappa shape index (κ2) is 6.74. The SMILES string of the molecule is CCCNCC1CCC1CCS(=O)(=O)C(C)C. The fourth-order valence-corrected chi connectivity index (χ4v) is 3.41. The van der Waals surface area contributed by atoms with Crippen LogP contribution in [0.25, 0.3) is 0 Å². The van der Waals surface area contributed by atoms with Crippen molar-refractivity contribution in [2.45, 2.75) is 51.7 Å². The van der Waals surface area contributed by atoms with Crippen molar-refractivity contribution in [1.82, 2.24) is 5.32 Å². The van der Waals surface area contributed by atoms with Crippen LogP contribution in [0.5, 0.6) is 0 Å². The van der Waals surface area contributed by atoms with Crippen LogP contribution in [-0.2, 0) is 9.84 Å². The molecule has 1 saturated carbocycles. The van der Waals surface area contributed by atoms with E-state index in [1.165, 1.54) is 19.3 Å². The Hall–Kier alpha value is -0.0900. The maximum absolute atomic E-state index is 11.7. The highest BCUT2D eigenvalue weighted by atomic mass is 32.2. The lowest BCUT2D eigenvalue weighted by molar-refractivity contribution is 0.167. The van der Waals surface area contributed by atoms with Gasteiger partial charge in [-0.25, -0.2) is 8.42 Å². The summed E-state index contributed by atoms with van der Waals surface area (Å²) in [7, 11) is -2.84. The molecule has 1 N–H and O–H groups in total. The van der Waals surface area contributed by atoms with Gasteiger partial charge in [-0.15, -0.1) is 0 Å². The van der Waals surface area contributed by atoms with Crippen LogP contribution in [0, 0.1) is 11.8 Å². The third kappa shape index (κ3) is 4.59. The summed E-state index contributed by atoms with van der Waals surface area (Å²) in [6.45, 7) is 7.86. The van der Waals surface area contributed by atoms with Crippen LogP contribution in [0.4, 0.5) is 0 Å². The van der Waals surface area contributed by atoms with E-state index in [9.17, 15) is 8.42 Å². The van der Waals surface area contributed by atoms with Crippen LogP contribution in [0.15, 0.2) is 0 Å². The van der Waals surface area contributed by atoms with Gasteiger partial charge in [0.1, 0.15) is 0 Å². The number of hydrogen-bond donors (Lipinski definition) is 1. The minimum absolute atomic E-state index is 0.223. The summed E-state index contributed by atoms with van der Waals surface area (Å²) in [4.78, 5) is 0. The van der Waals surface area contributed by atoms with Gasteiger partial charge in [0.2, 0.25) is 0 Å². The van der Waals surface area contributed by atoms with Crippen LogP contribution in [0.2, 0.25) is 0 Å². The minimum Gasteiger partial charge on any atom is -0.316 e. The molecular formula is C13H27NO2S. The Labute approximate surface area is 106 Å². The second-order valence-corrected chi connectivity index (χ2v) is 8.18. The molecular weight excluding hydrogens is 234 g/mol. The van der Waals surface area contributed by atoms with Gasteiger partial charge in [0.25, 0.3) is 0 Å². The van der Waals surface area contributed by atoms with Gasteiger partial charge in [0.05, 0.1) is 11.0 Å². The highest BCUT2D eigenvalue weighted by Gasteiger charge is 2.31. The normalized spacial score (nSPS) is 24.9. The Kier molecular flexibility index (Phi) is 5.93. The Bertz CT molecular complexity index is 311. The number of sulfone groups is 1. The van der Waals surface area contributed by atoms with Crippen LogP contribution in [0.3, 0.4) is 0 Å². The third-order valence-electron chi connectivity index (χ3n) is 3.90. The standard InChI is InChI=1S/C13H27NO2S/c1-4-8-14-10-13-6-5-12(13)7-9-17(15,16)11(2)3/h11-14H,4-10H2,1-3H3. The summed E-state index contributed by atoms with van der Waals surface area (Å²) in [5, 5.41) is 3.21. The molecule has 2 unspecified atom stereocenters. The Morgan fingerprint density at radius 1 is 1.24 bits per heavy atom. The van der Waals surface area contributed by atoms with E-state index < -0.39 is 9.84 Å². The lowest BCUT2D eigenvalue weighted by Gasteiger charge is -2.37. The van der Waals surface area contributed by atoms with E-state index in [-0.39, 0.29) is 5.25 Å². The van der Waals surface area contributed by atoms with Crippen molar-refractivity contribution in [3.8, 4) is 0 Å². The van der Waals surface area contributed by atoms with Gasteiger partial charge in [0.15, 0.2) is 9.84 Å². The average Bonchev–Trinajstić information content (AvgIpc) is 2.22. The lowest BCUT2D eigenvalue weighted by Crippen LogP contribution is -2.36. The van der Waals surface area contributed by atoms with Crippen LogP contribution >= 0.6 is 0 Å². The predicted molar refractivity (Wildman–Crippen MR) is 72.9 cm³/mol. The largest absolute Gasteiger partial charge is 0.316 e. The van der Waals surface area contributed by atoms with Crippen molar-refractivity contribution in [2.75, 3.05) is 18.8 Å². The predicted octanol–water partition coefficient (Wildman–Crippen LogP) is 2.23. The zero-order valence-corrected chi connectivity index (χ0v) is 12.2. The molecule has 17 heavy (non-hydrogen) atoms. The highest BCUT2D eigenvalue weighted by molar-refractivity contribution is 7.91. The molecule has 4 heteroatoms. The van der Waals surface area contributed by atoms with Crippen molar-refractivity contribution >= 4 is 9.84 Å². The first kappa shape index (κ1) is 15.0. The Morgan fingerprint density at radius 2 is 1.88 bits per heavy atom. The van der Waals surface area contributed by atoms with Gasteiger partial charge < -0.3 is 5.32 Å². The van der Waals surface area contributed by atoms with Gasteiger partial charge in [-0.05, 0) is 64.5 Å². The molecule has 0 aromatic heterocycles. The molecule has 0 saturated heterocycles. The monoisotopic (exact) mass is 261 g/mol. The summed E-state index contributed by atoms with van der Waals surface area (Å²) >= 11 is 0. The average molecular weight is 261 g/mol. The smallest absolute Gasteiger partial charge is 0.152 e. The Balaban J connectivity index is 2.24. The molecule has 0 bridgehead atoms. The van der Waals surface area contributed by atoms with Crippen LogP contribution in [-0.4, -0.2) is 32.5 Å². The van der Waals surface area contributed by atoms with Gasteiger partial charge in [-0.2, -0.15) is 0 Å². The van der Waals surface area contributed by atoms with Crippen molar-refractivity contribution in [2.24, 2.45) is 11.8 Å². The first-order chi connectivity index (χ1) is 7.97. The second-order valence-electron chi connectivity index (χ2n) is 5.51. The number of rotatable bonds is 8. The Morgan fingerprint density at radius 3 is 2.35 bits per heavy atom. The summed E-state index contributed by atoms with van der Waals surface area (Å²) in [5.41, 5.74) is 0. The minimum atomic E-state index is -2.84. The van der Waals surface area contributed by atoms with E-state index in [1.54, 1.807) is 13.8 Å². The molecule has 0 aromatic rings. The molecule has 3 nitrogen and oxygen atoms in total. The number of hydrogen-bond acceptors (Lipinski definition) is 3. The van der Waals surface area contributed by atoms with E-state index in [0.29, 0.717) is 17.6 Å². The summed E-state index contributed by atoms with van der Waals surface area (Å²) in [5.74, 6) is 1.72. The van der Waals surface area contributed by atoms with Crippen molar-refractivity contribution in [3.05, 3.63) is 0 Å². The molecule has 0 spiro atoms. The zero-order chi connectivity index (χ0) is 12.9. The summed E-state index contributed by atoms with van der Waals surface area (Å²) in [6, 6.07) is 0. The summed E-state index contributed by atoms with van der Waals surface area (Å²) < 4.78 is 23.5. The van der Waals surface area contributed by atoms with Crippen LogP contribution < -0.4 is 5.32 Å². The maximum Gasteiger partial charge on any atom is 0.152 e. The third-order valence-corrected chi connectivity index (χ3v) is 6.14. The van der Waals surface area contributed by atoms with Gasteiger partial charge in [-0.1, -0.05) is 6.92 Å². The van der Waals surface area contributed by atoms with E-state index >= 15 is 0 Å². The molecule has 0 radical (unpaired) electrons. The highest BCUT2D eigenvalue weighted by Crippen LogP contribution is 2.36.